The van der Waals surface area contributed by atoms with Gasteiger partial charge in [0, 0.05) is 0 Å². The smallest absolute Gasteiger partial charge is 0.0787 e. The van der Waals surface area contributed by atoms with Gasteiger partial charge in [-0.25, -0.2) is 0 Å². The number of unbranched alkanes of at least 4 members (excludes halogenated alkanes) is 2. The number of hydrogen-bond donors (Lipinski definition) is 2. The molecule has 1 aromatic carbocycles. The van der Waals surface area contributed by atoms with Gasteiger partial charge in [0.2, 0.25) is 0 Å². The second-order valence-corrected chi connectivity index (χ2v) is 8.74. The molecule has 2 N–H and O–H groups in total. The van der Waals surface area contributed by atoms with Gasteiger partial charge in [0.25, 0.3) is 0 Å². The van der Waals surface area contributed by atoms with Gasteiger partial charge in [0.1, 0.15) is 0 Å². The number of allylic oxidation sites excluding steroid dienone is 3. The Bertz CT molecular complexity index is 703. The normalized spacial score (nSPS) is 20.0. The molecule has 2 heteroatoms. The first-order valence-corrected chi connectivity index (χ1v) is 10.9. The number of hydrogen-bond acceptors (Lipinski definition) is 2. The van der Waals surface area contributed by atoms with E-state index in [1.54, 1.807) is 0 Å². The highest BCUT2D eigenvalue weighted by atomic mass is 16.3. The van der Waals surface area contributed by atoms with Crippen molar-refractivity contribution in [2.24, 2.45) is 0 Å². The molecule has 0 aliphatic heterocycles. The van der Waals surface area contributed by atoms with Crippen molar-refractivity contribution in [3.8, 4) is 0 Å². The fourth-order valence-electron chi connectivity index (χ4n) is 3.83. The maximum absolute atomic E-state index is 10.0. The summed E-state index contributed by atoms with van der Waals surface area (Å²) in [5.74, 6) is 0. The molecule has 0 heterocycles. The molecule has 2 rings (SSSR count). The summed E-state index contributed by atoms with van der Waals surface area (Å²) in [6, 6.07) is 8.87. The summed E-state index contributed by atoms with van der Waals surface area (Å²) in [5.41, 5.74) is 5.52. The first kappa shape index (κ1) is 22.6. The minimum absolute atomic E-state index is 0.377. The Labute approximate surface area is 171 Å². The largest absolute Gasteiger partial charge is 0.390 e. The molecular formula is C26H38O2. The molecule has 1 saturated carbocycles. The van der Waals surface area contributed by atoms with Crippen molar-refractivity contribution in [3.05, 3.63) is 65.3 Å². The Hall–Kier alpha value is -1.64. The SMILES string of the molecule is C=C1/C(=C\C=C(/CC)c2cccc(CCCCCC(C)(C)O)c2)CCCC1O. The number of rotatable bonds is 9. The molecule has 2 nitrogen and oxygen atoms in total. The van der Waals surface area contributed by atoms with Gasteiger partial charge in [0.05, 0.1) is 11.7 Å². The zero-order valence-corrected chi connectivity index (χ0v) is 18.0. The van der Waals surface area contributed by atoms with Crippen LogP contribution in [0.15, 0.2) is 54.1 Å². The van der Waals surface area contributed by atoms with E-state index in [0.29, 0.717) is 0 Å². The van der Waals surface area contributed by atoms with Crippen molar-refractivity contribution in [2.45, 2.75) is 90.3 Å². The minimum atomic E-state index is -0.547. The van der Waals surface area contributed by atoms with Crippen molar-refractivity contribution in [1.29, 1.82) is 0 Å². The fourth-order valence-corrected chi connectivity index (χ4v) is 3.83. The first-order chi connectivity index (χ1) is 13.3. The Morgan fingerprint density at radius 2 is 2.04 bits per heavy atom. The van der Waals surface area contributed by atoms with E-state index in [4.69, 9.17) is 0 Å². The van der Waals surface area contributed by atoms with Gasteiger partial charge >= 0.3 is 0 Å². The van der Waals surface area contributed by atoms with Crippen LogP contribution < -0.4 is 0 Å². The highest BCUT2D eigenvalue weighted by molar-refractivity contribution is 5.67. The standard InChI is InChI=1S/C26H38O2/c1-5-22(16-17-23-13-10-15-25(27)20(23)2)24-14-9-12-21(19-24)11-7-6-8-18-26(3,4)28/h9,12,14,16-17,19,25,27-28H,2,5-8,10-11,13,15,18H2,1,3-4H3/b22-16+,23-17-. The van der Waals surface area contributed by atoms with Crippen molar-refractivity contribution in [2.75, 3.05) is 0 Å². The second-order valence-electron chi connectivity index (χ2n) is 8.74. The number of aryl methyl sites for hydroxylation is 1. The van der Waals surface area contributed by atoms with Gasteiger partial charge in [-0.1, -0.05) is 62.8 Å². The molecule has 1 unspecified atom stereocenters. The summed E-state index contributed by atoms with van der Waals surface area (Å²) in [4.78, 5) is 0. The average Bonchev–Trinajstić information content (AvgIpc) is 2.65. The number of aliphatic hydroxyl groups is 2. The van der Waals surface area contributed by atoms with Crippen LogP contribution in [-0.4, -0.2) is 21.9 Å². The second kappa shape index (κ2) is 10.8. The summed E-state index contributed by atoms with van der Waals surface area (Å²) in [6.07, 6.45) is 13.2. The quantitative estimate of drug-likeness (QED) is 0.486. The Kier molecular flexibility index (Phi) is 8.72. The van der Waals surface area contributed by atoms with E-state index in [1.165, 1.54) is 22.3 Å². The predicted octanol–water partition coefficient (Wildman–Crippen LogP) is 6.38. The van der Waals surface area contributed by atoms with Crippen LogP contribution in [0, 0.1) is 0 Å². The fraction of sp³-hybridized carbons (Fsp3) is 0.538. The molecule has 0 bridgehead atoms. The van der Waals surface area contributed by atoms with Crippen LogP contribution in [-0.2, 0) is 6.42 Å². The Morgan fingerprint density at radius 3 is 2.75 bits per heavy atom. The molecule has 1 fully saturated rings. The monoisotopic (exact) mass is 382 g/mol. The molecule has 0 saturated heterocycles. The molecule has 154 valence electrons. The van der Waals surface area contributed by atoms with E-state index in [0.717, 1.165) is 63.4 Å². The van der Waals surface area contributed by atoms with Crippen LogP contribution in [0.25, 0.3) is 5.57 Å². The number of benzene rings is 1. The van der Waals surface area contributed by atoms with Gasteiger partial charge in [-0.15, -0.1) is 0 Å². The van der Waals surface area contributed by atoms with E-state index in [-0.39, 0.29) is 6.10 Å². The minimum Gasteiger partial charge on any atom is -0.390 e. The Balaban J connectivity index is 1.99. The molecule has 0 aromatic heterocycles. The summed E-state index contributed by atoms with van der Waals surface area (Å²) in [7, 11) is 0. The highest BCUT2D eigenvalue weighted by Crippen LogP contribution is 2.29. The van der Waals surface area contributed by atoms with Gasteiger partial charge in [0.15, 0.2) is 0 Å². The van der Waals surface area contributed by atoms with Crippen LogP contribution in [0.5, 0.6) is 0 Å². The molecule has 0 spiro atoms. The third-order valence-electron chi connectivity index (χ3n) is 5.66. The van der Waals surface area contributed by atoms with Crippen molar-refractivity contribution in [1.82, 2.24) is 0 Å². The molecule has 1 aromatic rings. The molecule has 0 radical (unpaired) electrons. The Morgan fingerprint density at radius 1 is 1.25 bits per heavy atom. The lowest BCUT2D eigenvalue weighted by Gasteiger charge is -2.22. The lowest BCUT2D eigenvalue weighted by molar-refractivity contribution is 0.0681. The summed E-state index contributed by atoms with van der Waals surface area (Å²) < 4.78 is 0. The average molecular weight is 383 g/mol. The van der Waals surface area contributed by atoms with E-state index < -0.39 is 5.60 Å². The van der Waals surface area contributed by atoms with Crippen molar-refractivity contribution < 1.29 is 10.2 Å². The van der Waals surface area contributed by atoms with Gasteiger partial charge in [-0.05, 0) is 86.6 Å². The summed E-state index contributed by atoms with van der Waals surface area (Å²) in [6.45, 7) is 10.0. The molecule has 1 aliphatic carbocycles. The van der Waals surface area contributed by atoms with E-state index >= 15 is 0 Å². The summed E-state index contributed by atoms with van der Waals surface area (Å²) in [5, 5.41) is 19.8. The molecule has 0 amide bonds. The van der Waals surface area contributed by atoms with Crippen molar-refractivity contribution in [3.63, 3.8) is 0 Å². The zero-order chi connectivity index (χ0) is 20.6. The predicted molar refractivity (Wildman–Crippen MR) is 120 cm³/mol. The molecule has 28 heavy (non-hydrogen) atoms. The van der Waals surface area contributed by atoms with E-state index in [1.807, 2.05) is 13.8 Å². The van der Waals surface area contributed by atoms with Crippen LogP contribution in [0.2, 0.25) is 0 Å². The maximum atomic E-state index is 10.0. The van der Waals surface area contributed by atoms with E-state index in [9.17, 15) is 10.2 Å². The molecule has 1 atom stereocenters. The van der Waals surface area contributed by atoms with Gasteiger partial charge in [-0.3, -0.25) is 0 Å². The molecule has 1 aliphatic rings. The van der Waals surface area contributed by atoms with Crippen LogP contribution in [0.3, 0.4) is 0 Å². The summed E-state index contributed by atoms with van der Waals surface area (Å²) >= 11 is 0. The lowest BCUT2D eigenvalue weighted by atomic mass is 9.87. The first-order valence-electron chi connectivity index (χ1n) is 10.9. The van der Waals surface area contributed by atoms with Crippen LogP contribution >= 0.6 is 0 Å². The third kappa shape index (κ3) is 7.41. The van der Waals surface area contributed by atoms with Crippen LogP contribution in [0.4, 0.5) is 0 Å². The molecular weight excluding hydrogens is 344 g/mol. The third-order valence-corrected chi connectivity index (χ3v) is 5.66. The van der Waals surface area contributed by atoms with Gasteiger partial charge in [-0.2, -0.15) is 0 Å². The van der Waals surface area contributed by atoms with Crippen LogP contribution in [0.1, 0.15) is 83.3 Å². The zero-order valence-electron chi connectivity index (χ0n) is 18.0. The topological polar surface area (TPSA) is 40.5 Å². The van der Waals surface area contributed by atoms with Crippen molar-refractivity contribution >= 4 is 5.57 Å². The van der Waals surface area contributed by atoms with Gasteiger partial charge < -0.3 is 10.2 Å². The maximum Gasteiger partial charge on any atom is 0.0787 e. The lowest BCUT2D eigenvalue weighted by Crippen LogP contribution is -2.17. The van der Waals surface area contributed by atoms with E-state index in [2.05, 4.69) is 49.9 Å². The number of aliphatic hydroxyl groups excluding tert-OH is 1. The highest BCUT2D eigenvalue weighted by Gasteiger charge is 2.18.